The highest BCUT2D eigenvalue weighted by Gasteiger charge is 2.41. The molecular weight excluding hydrogens is 280 g/mol. The predicted octanol–water partition coefficient (Wildman–Crippen LogP) is 2.75. The molecule has 5 nitrogen and oxygen atoms in total. The number of pyridine rings is 1. The lowest BCUT2D eigenvalue weighted by molar-refractivity contribution is -0.122. The van der Waals surface area contributed by atoms with Gasteiger partial charge in [-0.1, -0.05) is 18.9 Å². The lowest BCUT2D eigenvalue weighted by Gasteiger charge is -2.18. The van der Waals surface area contributed by atoms with E-state index in [1.165, 1.54) is 18.2 Å². The summed E-state index contributed by atoms with van der Waals surface area (Å²) in [6.07, 6.45) is 0.136. The third-order valence-corrected chi connectivity index (χ3v) is 3.43. The largest absolute Gasteiger partial charge is 0.472 e. The molecule has 1 amide bonds. The van der Waals surface area contributed by atoms with Gasteiger partial charge in [0.05, 0.1) is 6.07 Å². The van der Waals surface area contributed by atoms with Crippen LogP contribution in [0, 0.1) is 16.7 Å². The molecule has 0 bridgehead atoms. The number of aromatic nitrogens is 1. The first kappa shape index (κ1) is 15.2. The van der Waals surface area contributed by atoms with E-state index < -0.39 is 24.4 Å². The molecule has 0 saturated heterocycles. The molecule has 21 heavy (non-hydrogen) atoms. The molecule has 2 rings (SSSR count). The molecule has 0 unspecified atom stereocenters. The Kier molecular flexibility index (Phi) is 4.68. The van der Waals surface area contributed by atoms with Crippen molar-refractivity contribution >= 4 is 11.7 Å². The normalized spacial score (nSPS) is 16.5. The summed E-state index contributed by atoms with van der Waals surface area (Å²) in [7, 11) is 0. The van der Waals surface area contributed by atoms with E-state index in [-0.39, 0.29) is 11.7 Å². The standard InChI is InChI=1S/C14H15F2N3O2/c15-10(16)8-21-12-5-3-4-11(18-12)19-13(20)14(9-17)6-1-2-7-14/h3-5,10H,1-2,6-8H2,(H,18,19,20). The van der Waals surface area contributed by atoms with Crippen molar-refractivity contribution in [1.29, 1.82) is 5.26 Å². The van der Waals surface area contributed by atoms with Gasteiger partial charge in [0, 0.05) is 6.07 Å². The molecule has 1 aliphatic carbocycles. The van der Waals surface area contributed by atoms with Crippen LogP contribution in [0.15, 0.2) is 18.2 Å². The highest BCUT2D eigenvalue weighted by atomic mass is 19.3. The Bertz CT molecular complexity index is 551. The van der Waals surface area contributed by atoms with Gasteiger partial charge in [-0.05, 0) is 18.9 Å². The molecular formula is C14H15F2N3O2. The van der Waals surface area contributed by atoms with E-state index >= 15 is 0 Å². The number of hydrogen-bond acceptors (Lipinski definition) is 4. The van der Waals surface area contributed by atoms with Crippen LogP contribution in [0.2, 0.25) is 0 Å². The van der Waals surface area contributed by atoms with E-state index in [4.69, 9.17) is 4.74 Å². The van der Waals surface area contributed by atoms with Crippen molar-refractivity contribution in [3.63, 3.8) is 0 Å². The summed E-state index contributed by atoms with van der Waals surface area (Å²) in [6, 6.07) is 6.57. The van der Waals surface area contributed by atoms with Crippen LogP contribution >= 0.6 is 0 Å². The number of carbonyl (C=O) groups excluding carboxylic acids is 1. The van der Waals surface area contributed by atoms with Crippen LogP contribution in [0.1, 0.15) is 25.7 Å². The average Bonchev–Trinajstić information content (AvgIpc) is 2.96. The highest BCUT2D eigenvalue weighted by Crippen LogP contribution is 2.38. The summed E-state index contributed by atoms with van der Waals surface area (Å²) in [6.45, 7) is -0.757. The van der Waals surface area contributed by atoms with Gasteiger partial charge < -0.3 is 10.1 Å². The van der Waals surface area contributed by atoms with Crippen molar-refractivity contribution in [2.75, 3.05) is 11.9 Å². The zero-order valence-electron chi connectivity index (χ0n) is 11.3. The molecule has 0 radical (unpaired) electrons. The summed E-state index contributed by atoms with van der Waals surface area (Å²) in [5.41, 5.74) is -1.01. The number of nitriles is 1. The minimum absolute atomic E-state index is 0.00512. The summed E-state index contributed by atoms with van der Waals surface area (Å²) < 4.78 is 28.9. The summed E-state index contributed by atoms with van der Waals surface area (Å²) in [5, 5.41) is 11.8. The second kappa shape index (κ2) is 6.48. The van der Waals surface area contributed by atoms with Crippen LogP contribution in [0.4, 0.5) is 14.6 Å². The van der Waals surface area contributed by atoms with Gasteiger partial charge in [0.1, 0.15) is 11.2 Å². The summed E-state index contributed by atoms with van der Waals surface area (Å²) >= 11 is 0. The fourth-order valence-electron chi connectivity index (χ4n) is 2.32. The molecule has 1 heterocycles. The van der Waals surface area contributed by atoms with Gasteiger partial charge in [-0.3, -0.25) is 4.79 Å². The maximum absolute atomic E-state index is 12.2. The number of hydrogen-bond donors (Lipinski definition) is 1. The second-order valence-electron chi connectivity index (χ2n) is 4.92. The highest BCUT2D eigenvalue weighted by molar-refractivity contribution is 5.96. The smallest absolute Gasteiger partial charge is 0.272 e. The molecule has 0 aliphatic heterocycles. The van der Waals surface area contributed by atoms with Crippen molar-refractivity contribution in [2.45, 2.75) is 32.1 Å². The van der Waals surface area contributed by atoms with Crippen molar-refractivity contribution in [3.8, 4) is 11.9 Å². The third kappa shape index (κ3) is 3.66. The predicted molar refractivity (Wildman–Crippen MR) is 70.9 cm³/mol. The Labute approximate surface area is 120 Å². The van der Waals surface area contributed by atoms with Gasteiger partial charge in [0.15, 0.2) is 6.61 Å². The van der Waals surface area contributed by atoms with Gasteiger partial charge in [0.2, 0.25) is 11.8 Å². The molecule has 7 heteroatoms. The molecule has 0 atom stereocenters. The first-order valence-electron chi connectivity index (χ1n) is 6.66. The van der Waals surface area contributed by atoms with Gasteiger partial charge in [-0.25, -0.2) is 8.78 Å². The van der Waals surface area contributed by atoms with E-state index in [1.54, 1.807) is 0 Å². The minimum Gasteiger partial charge on any atom is -0.472 e. The number of alkyl halides is 2. The minimum atomic E-state index is -2.59. The molecule has 1 aromatic heterocycles. The molecule has 0 spiro atoms. The van der Waals surface area contributed by atoms with Gasteiger partial charge in [-0.2, -0.15) is 10.2 Å². The SMILES string of the molecule is N#CC1(C(=O)Nc2cccc(OCC(F)F)n2)CCCC1. The number of anilines is 1. The zero-order valence-corrected chi connectivity index (χ0v) is 11.3. The number of nitrogens with zero attached hydrogens (tertiary/aromatic N) is 2. The van der Waals surface area contributed by atoms with E-state index in [0.29, 0.717) is 12.8 Å². The zero-order chi connectivity index (χ0) is 15.3. The van der Waals surface area contributed by atoms with E-state index in [2.05, 4.69) is 16.4 Å². The Morgan fingerprint density at radius 3 is 2.81 bits per heavy atom. The number of ether oxygens (including phenoxy) is 1. The van der Waals surface area contributed by atoms with E-state index in [9.17, 15) is 18.8 Å². The average molecular weight is 295 g/mol. The first-order valence-corrected chi connectivity index (χ1v) is 6.66. The fourth-order valence-corrected chi connectivity index (χ4v) is 2.32. The van der Waals surface area contributed by atoms with Crippen LogP contribution in [-0.2, 0) is 4.79 Å². The number of carbonyl (C=O) groups is 1. The Morgan fingerprint density at radius 1 is 1.48 bits per heavy atom. The third-order valence-electron chi connectivity index (χ3n) is 3.43. The maximum Gasteiger partial charge on any atom is 0.272 e. The Morgan fingerprint density at radius 2 is 2.19 bits per heavy atom. The topological polar surface area (TPSA) is 75.0 Å². The van der Waals surface area contributed by atoms with Gasteiger partial charge in [-0.15, -0.1) is 0 Å². The van der Waals surface area contributed by atoms with Crippen LogP contribution in [-0.4, -0.2) is 23.9 Å². The van der Waals surface area contributed by atoms with Crippen molar-refractivity contribution in [2.24, 2.45) is 5.41 Å². The van der Waals surface area contributed by atoms with Crippen LogP contribution in [0.3, 0.4) is 0 Å². The van der Waals surface area contributed by atoms with Gasteiger partial charge in [0.25, 0.3) is 6.43 Å². The van der Waals surface area contributed by atoms with Gasteiger partial charge >= 0.3 is 0 Å². The van der Waals surface area contributed by atoms with Crippen LogP contribution < -0.4 is 10.1 Å². The van der Waals surface area contributed by atoms with Crippen molar-refractivity contribution < 1.29 is 18.3 Å². The molecule has 1 N–H and O–H groups in total. The number of nitrogens with one attached hydrogen (secondary N) is 1. The Hall–Kier alpha value is -2.23. The fraction of sp³-hybridized carbons (Fsp3) is 0.500. The quantitative estimate of drug-likeness (QED) is 0.906. The monoisotopic (exact) mass is 295 g/mol. The number of rotatable bonds is 5. The Balaban J connectivity index is 2.04. The molecule has 1 aromatic rings. The van der Waals surface area contributed by atoms with Crippen molar-refractivity contribution in [3.05, 3.63) is 18.2 Å². The summed E-state index contributed by atoms with van der Waals surface area (Å²) in [5.74, 6) is -0.208. The molecule has 1 saturated carbocycles. The second-order valence-corrected chi connectivity index (χ2v) is 4.92. The maximum atomic E-state index is 12.2. The van der Waals surface area contributed by atoms with Crippen LogP contribution in [0.5, 0.6) is 5.88 Å². The van der Waals surface area contributed by atoms with Crippen molar-refractivity contribution in [1.82, 2.24) is 4.98 Å². The first-order chi connectivity index (χ1) is 10.1. The lowest BCUT2D eigenvalue weighted by atomic mass is 9.87. The summed E-state index contributed by atoms with van der Waals surface area (Å²) in [4.78, 5) is 16.1. The molecule has 0 aromatic carbocycles. The lowest BCUT2D eigenvalue weighted by Crippen LogP contribution is -2.32. The number of amides is 1. The number of halogens is 2. The molecule has 1 fully saturated rings. The van der Waals surface area contributed by atoms with E-state index in [0.717, 1.165) is 12.8 Å². The molecule has 1 aliphatic rings. The van der Waals surface area contributed by atoms with Crippen LogP contribution in [0.25, 0.3) is 0 Å². The van der Waals surface area contributed by atoms with E-state index in [1.807, 2.05) is 0 Å². The molecule has 112 valence electrons.